The maximum atomic E-state index is 2.54. The van der Waals surface area contributed by atoms with Gasteiger partial charge in [0.15, 0.2) is 0 Å². The molecule has 0 radical (unpaired) electrons. The van der Waals surface area contributed by atoms with Gasteiger partial charge in [-0.25, -0.2) is 0 Å². The lowest BCUT2D eigenvalue weighted by Gasteiger charge is -2.16. The van der Waals surface area contributed by atoms with Gasteiger partial charge in [0.2, 0.25) is 0 Å². The molecule has 0 saturated carbocycles. The first-order valence-electron chi connectivity index (χ1n) is 21.7. The molecule has 0 aliphatic heterocycles. The molecule has 1 unspecified atom stereocenters. The van der Waals surface area contributed by atoms with E-state index in [-0.39, 0.29) is 10.8 Å². The Morgan fingerprint density at radius 3 is 1.63 bits per heavy atom. The second kappa shape index (κ2) is 20.2. The van der Waals surface area contributed by atoms with E-state index in [1.165, 1.54) is 143 Å². The topological polar surface area (TPSA) is 0 Å². The normalized spacial score (nSPS) is 13.3. The highest BCUT2D eigenvalue weighted by molar-refractivity contribution is 8.08. The number of unbranched alkanes of at least 4 members (excludes halogenated alkanes) is 6. The summed E-state index contributed by atoms with van der Waals surface area (Å²) in [6.45, 7) is 21.1. The van der Waals surface area contributed by atoms with Crippen LogP contribution in [-0.4, -0.2) is 0 Å². The van der Waals surface area contributed by atoms with E-state index in [0.29, 0.717) is 5.25 Å². The maximum absolute atomic E-state index is 2.54. The van der Waals surface area contributed by atoms with E-state index in [0.717, 1.165) is 6.42 Å². The Morgan fingerprint density at radius 1 is 0.542 bits per heavy atom. The lowest BCUT2D eigenvalue weighted by molar-refractivity contribution is 0.604. The third-order valence-electron chi connectivity index (χ3n) is 10.7. The zero-order valence-electron chi connectivity index (χ0n) is 36.5. The second-order valence-electron chi connectivity index (χ2n) is 18.0. The molecule has 0 aliphatic rings. The standard InChI is InChI=1S/C51H62S8/c1-10-12-14-16-18-34-20-24-39(53-34)40-26-22-36(55-40)23-27-43(44-31-45-46(57-44)32-48(58-45)51(7,8)9)52-33(3)49-37(30-47(59-49)50(4,5)6)38-28-29-42(56-38)41-25-21-35(54-41)19-17-15-13-11-2/h20-22,24-33H,10-19,23H2,1-9H3/b43-27-. The molecule has 0 bridgehead atoms. The van der Waals surface area contributed by atoms with Crippen LogP contribution >= 0.6 is 91.1 Å². The first-order valence-corrected chi connectivity index (χ1v) is 28.3. The van der Waals surface area contributed by atoms with Crippen molar-refractivity contribution in [3.8, 4) is 29.9 Å². The van der Waals surface area contributed by atoms with Crippen LogP contribution in [0.25, 0.3) is 44.3 Å². The van der Waals surface area contributed by atoms with Gasteiger partial charge in [-0.05, 0) is 110 Å². The van der Waals surface area contributed by atoms with Gasteiger partial charge in [0.1, 0.15) is 0 Å². The van der Waals surface area contributed by atoms with Crippen molar-refractivity contribution in [3.05, 3.63) is 107 Å². The van der Waals surface area contributed by atoms with Crippen molar-refractivity contribution in [1.29, 1.82) is 0 Å². The molecule has 0 amide bonds. The van der Waals surface area contributed by atoms with Gasteiger partial charge >= 0.3 is 0 Å². The summed E-state index contributed by atoms with van der Waals surface area (Å²) in [5.74, 6) is 0. The molecule has 7 aromatic rings. The average molecular weight is 932 g/mol. The number of thiophene rings is 7. The number of fused-ring (bicyclic) bond motifs is 1. The first kappa shape index (κ1) is 45.3. The van der Waals surface area contributed by atoms with Crippen molar-refractivity contribution in [1.82, 2.24) is 0 Å². The summed E-state index contributed by atoms with van der Waals surface area (Å²) in [6, 6.07) is 26.4. The number of allylic oxidation sites excluding steroid dienone is 1. The van der Waals surface area contributed by atoms with Crippen LogP contribution in [0, 0.1) is 0 Å². The zero-order chi connectivity index (χ0) is 41.7. The fourth-order valence-corrected chi connectivity index (χ4v) is 16.6. The van der Waals surface area contributed by atoms with Crippen LogP contribution in [0.5, 0.6) is 0 Å². The number of aryl methyl sites for hydroxylation is 2. The minimum atomic E-state index is 0.0966. The first-order chi connectivity index (χ1) is 28.3. The van der Waals surface area contributed by atoms with Gasteiger partial charge < -0.3 is 0 Å². The molecule has 0 fully saturated rings. The molecule has 7 aromatic heterocycles. The van der Waals surface area contributed by atoms with Crippen LogP contribution in [0.4, 0.5) is 0 Å². The summed E-state index contributed by atoms with van der Waals surface area (Å²) >= 11 is 16.0. The number of rotatable bonds is 19. The summed E-state index contributed by atoms with van der Waals surface area (Å²) in [4.78, 5) is 18.8. The summed E-state index contributed by atoms with van der Waals surface area (Å²) in [7, 11) is 0. The van der Waals surface area contributed by atoms with Crippen molar-refractivity contribution in [2.75, 3.05) is 0 Å². The zero-order valence-corrected chi connectivity index (χ0v) is 43.1. The molecule has 0 spiro atoms. The molecule has 0 nitrogen and oxygen atoms in total. The summed E-state index contributed by atoms with van der Waals surface area (Å²) in [5, 5.41) is 0.311. The van der Waals surface area contributed by atoms with E-state index < -0.39 is 0 Å². The smallest absolute Gasteiger partial charge is 0.0460 e. The largest absolute Gasteiger partial charge is 0.143 e. The fraction of sp³-hybridized carbons (Fsp3) is 0.451. The van der Waals surface area contributed by atoms with Gasteiger partial charge in [-0.2, -0.15) is 0 Å². The van der Waals surface area contributed by atoms with E-state index in [2.05, 4.69) is 147 Å². The molecule has 0 N–H and O–H groups in total. The second-order valence-corrected chi connectivity index (χ2v) is 27.2. The van der Waals surface area contributed by atoms with E-state index in [9.17, 15) is 0 Å². The minimum absolute atomic E-state index is 0.0966. The fourth-order valence-electron chi connectivity index (χ4n) is 7.22. The maximum Gasteiger partial charge on any atom is 0.0460 e. The van der Waals surface area contributed by atoms with Crippen LogP contribution < -0.4 is 0 Å². The van der Waals surface area contributed by atoms with Gasteiger partial charge in [-0.15, -0.1) is 91.1 Å². The molecule has 7 heterocycles. The van der Waals surface area contributed by atoms with Gasteiger partial charge in [-0.1, -0.05) is 100.0 Å². The Labute approximate surface area is 387 Å². The van der Waals surface area contributed by atoms with Crippen molar-refractivity contribution < 1.29 is 0 Å². The van der Waals surface area contributed by atoms with Gasteiger partial charge in [0.05, 0.1) is 0 Å². The third kappa shape index (κ3) is 11.6. The van der Waals surface area contributed by atoms with Gasteiger partial charge in [0, 0.05) is 90.1 Å². The van der Waals surface area contributed by atoms with Crippen molar-refractivity contribution >= 4 is 105 Å². The Hall–Kier alpha value is -1.75. The molecule has 59 heavy (non-hydrogen) atoms. The summed E-state index contributed by atoms with van der Waals surface area (Å²) in [5.41, 5.74) is 1.69. The molecule has 0 saturated heterocycles. The van der Waals surface area contributed by atoms with Crippen LogP contribution in [0.15, 0.2) is 72.8 Å². The molecule has 8 heteroatoms. The molecular formula is C51H62S8. The Morgan fingerprint density at radius 2 is 1.05 bits per heavy atom. The van der Waals surface area contributed by atoms with Crippen molar-refractivity contribution in [3.63, 3.8) is 0 Å². The third-order valence-corrected chi connectivity index (χ3v) is 21.7. The van der Waals surface area contributed by atoms with Crippen molar-refractivity contribution in [2.45, 2.75) is 149 Å². The van der Waals surface area contributed by atoms with Crippen LogP contribution in [0.2, 0.25) is 0 Å². The monoisotopic (exact) mass is 930 g/mol. The Balaban J connectivity index is 1.16. The molecule has 1 atom stereocenters. The number of thioether (sulfide) groups is 1. The predicted octanol–water partition coefficient (Wildman–Crippen LogP) is 20.2. The summed E-state index contributed by atoms with van der Waals surface area (Å²) < 4.78 is 2.85. The van der Waals surface area contributed by atoms with Crippen molar-refractivity contribution in [2.24, 2.45) is 0 Å². The highest BCUT2D eigenvalue weighted by atomic mass is 32.2. The highest BCUT2D eigenvalue weighted by Crippen LogP contribution is 2.52. The molecular weight excluding hydrogens is 869 g/mol. The molecule has 7 rings (SSSR count). The van der Waals surface area contributed by atoms with Crippen LogP contribution in [0.3, 0.4) is 0 Å². The quantitative estimate of drug-likeness (QED) is 0.0728. The molecule has 314 valence electrons. The molecule has 0 aromatic carbocycles. The Kier molecular flexibility index (Phi) is 15.5. The highest BCUT2D eigenvalue weighted by Gasteiger charge is 2.26. The lowest BCUT2D eigenvalue weighted by Crippen LogP contribution is -2.07. The molecule has 0 aliphatic carbocycles. The SMILES string of the molecule is CCCCCCc1ccc(-c2ccc(C/C=C(\SC(C)c3sc(C(C)(C)C)cc3-c3ccc(-c4ccc(CCCCCC)s4)s3)c3cc4sc(C(C)(C)C)cc4s3)s2)s1. The summed E-state index contributed by atoms with van der Waals surface area (Å²) in [6.07, 6.45) is 16.5. The number of hydrogen-bond acceptors (Lipinski definition) is 8. The minimum Gasteiger partial charge on any atom is -0.143 e. The van der Waals surface area contributed by atoms with Crippen LogP contribution in [0.1, 0.15) is 153 Å². The van der Waals surface area contributed by atoms with E-state index in [1.807, 2.05) is 79.4 Å². The van der Waals surface area contributed by atoms with E-state index >= 15 is 0 Å². The Bertz CT molecular complexity index is 2390. The lowest BCUT2D eigenvalue weighted by atomic mass is 9.94. The van der Waals surface area contributed by atoms with Crippen LogP contribution in [-0.2, 0) is 30.1 Å². The predicted molar refractivity (Wildman–Crippen MR) is 279 cm³/mol. The van der Waals surface area contributed by atoms with E-state index in [4.69, 9.17) is 0 Å². The van der Waals surface area contributed by atoms with E-state index in [1.54, 1.807) is 0 Å². The van der Waals surface area contributed by atoms with Gasteiger partial charge in [-0.3, -0.25) is 0 Å². The average Bonchev–Trinajstić information content (AvgIpc) is 4.04. The van der Waals surface area contributed by atoms with Gasteiger partial charge in [0.25, 0.3) is 0 Å². The number of hydrogen-bond donors (Lipinski definition) is 0.